The van der Waals surface area contributed by atoms with Crippen molar-refractivity contribution in [1.29, 1.82) is 0 Å². The molecular weight excluding hydrogens is 606 g/mol. The van der Waals surface area contributed by atoms with Crippen molar-refractivity contribution in [2.24, 2.45) is 0 Å². The summed E-state index contributed by atoms with van der Waals surface area (Å²) < 4.78 is 71.3. The molecule has 236 valence electrons. The number of aliphatic carboxylic acids is 2. The van der Waals surface area contributed by atoms with E-state index >= 15 is 0 Å². The predicted molar refractivity (Wildman–Crippen MR) is 139 cm³/mol. The zero-order valence-electron chi connectivity index (χ0n) is 22.4. The number of hydrogen-bond donors (Lipinski definition) is 3. The zero-order chi connectivity index (χ0) is 32.3. The molecule has 3 N–H and O–H groups in total. The molecule has 1 saturated heterocycles. The molecule has 0 amide bonds. The van der Waals surface area contributed by atoms with Crippen LogP contribution >= 0.6 is 0 Å². The van der Waals surface area contributed by atoms with E-state index in [9.17, 15) is 26.3 Å². The molecule has 19 heteroatoms. The van der Waals surface area contributed by atoms with E-state index in [4.69, 9.17) is 24.5 Å². The SMILES string of the molecule is O=C(O)C(F)(F)F.O=C(O)C(F)(F)F.c1ccc(Nc2ncnc3c2nnn3CC2CN(Cc3ccccn3)CCO2)cc1. The number of carboxylic acid groups (broad SMARTS) is 2. The molecule has 1 unspecified atom stereocenters. The standard InChI is InChI=1S/C21H22N8O.2C2HF3O2/c1-2-6-16(7-3-1)25-20-19-21(24-15-23-20)29(27-26-19)14-18-13-28(10-11-30-18)12-17-8-4-5-9-22-17;2*3-2(4,5)1(6)7/h1-9,15,18H,10-14H2,(H,23,24,25);2*(H,6,7). The Hall–Kier alpha value is -4.91. The highest BCUT2D eigenvalue weighted by Crippen LogP contribution is 2.21. The number of pyridine rings is 1. The summed E-state index contributed by atoms with van der Waals surface area (Å²) in [6, 6.07) is 15.9. The van der Waals surface area contributed by atoms with E-state index in [1.165, 1.54) is 6.33 Å². The lowest BCUT2D eigenvalue weighted by molar-refractivity contribution is -0.193. The van der Waals surface area contributed by atoms with E-state index in [-0.39, 0.29) is 6.10 Å². The molecule has 4 heterocycles. The Labute approximate surface area is 244 Å². The fraction of sp³-hybridized carbons (Fsp3) is 0.320. The van der Waals surface area contributed by atoms with Crippen molar-refractivity contribution < 1.29 is 50.9 Å². The first-order chi connectivity index (χ1) is 20.7. The van der Waals surface area contributed by atoms with Crippen LogP contribution < -0.4 is 5.32 Å². The summed E-state index contributed by atoms with van der Waals surface area (Å²) >= 11 is 0. The number of carbonyl (C=O) groups is 2. The number of nitrogens with zero attached hydrogens (tertiary/aromatic N) is 7. The Morgan fingerprint density at radius 3 is 2.16 bits per heavy atom. The van der Waals surface area contributed by atoms with Gasteiger partial charge in [-0.05, 0) is 24.3 Å². The van der Waals surface area contributed by atoms with Crippen LogP contribution in [0.2, 0.25) is 0 Å². The second kappa shape index (κ2) is 15.0. The van der Waals surface area contributed by atoms with E-state index in [0.29, 0.717) is 30.1 Å². The topological polar surface area (TPSA) is 168 Å². The van der Waals surface area contributed by atoms with Crippen LogP contribution in [0.1, 0.15) is 5.69 Å². The second-order valence-corrected chi connectivity index (χ2v) is 8.81. The van der Waals surface area contributed by atoms with Gasteiger partial charge >= 0.3 is 24.3 Å². The first kappa shape index (κ1) is 33.6. The Kier molecular flexibility index (Phi) is 11.5. The van der Waals surface area contributed by atoms with Crippen LogP contribution in [0.15, 0.2) is 61.1 Å². The Morgan fingerprint density at radius 1 is 0.932 bits per heavy atom. The lowest BCUT2D eigenvalue weighted by Gasteiger charge is -2.32. The first-order valence-corrected chi connectivity index (χ1v) is 12.4. The zero-order valence-corrected chi connectivity index (χ0v) is 22.4. The third-order valence-corrected chi connectivity index (χ3v) is 5.53. The molecule has 0 spiro atoms. The van der Waals surface area contributed by atoms with Gasteiger partial charge < -0.3 is 20.3 Å². The fourth-order valence-corrected chi connectivity index (χ4v) is 3.61. The van der Waals surface area contributed by atoms with E-state index in [1.54, 1.807) is 4.68 Å². The first-order valence-electron chi connectivity index (χ1n) is 12.4. The third-order valence-electron chi connectivity index (χ3n) is 5.53. The molecule has 0 radical (unpaired) electrons. The molecule has 1 aliphatic heterocycles. The summed E-state index contributed by atoms with van der Waals surface area (Å²) in [6.07, 6.45) is -6.80. The molecule has 1 aliphatic rings. The average molecular weight is 631 g/mol. The maximum Gasteiger partial charge on any atom is 0.490 e. The number of ether oxygens (including phenoxy) is 1. The lowest BCUT2D eigenvalue weighted by Crippen LogP contribution is -2.44. The van der Waals surface area contributed by atoms with Crippen molar-refractivity contribution in [2.75, 3.05) is 25.0 Å². The molecule has 0 aliphatic carbocycles. The molecule has 13 nitrogen and oxygen atoms in total. The monoisotopic (exact) mass is 630 g/mol. The van der Waals surface area contributed by atoms with Crippen molar-refractivity contribution in [3.8, 4) is 0 Å². The Morgan fingerprint density at radius 2 is 1.57 bits per heavy atom. The summed E-state index contributed by atoms with van der Waals surface area (Å²) in [5.74, 6) is -4.88. The lowest BCUT2D eigenvalue weighted by atomic mass is 10.2. The smallest absolute Gasteiger partial charge is 0.475 e. The van der Waals surface area contributed by atoms with Crippen LogP contribution in [0, 0.1) is 0 Å². The minimum absolute atomic E-state index is 0.00728. The number of fused-ring (bicyclic) bond motifs is 1. The van der Waals surface area contributed by atoms with Crippen molar-refractivity contribution >= 4 is 34.6 Å². The summed E-state index contributed by atoms with van der Waals surface area (Å²) in [5, 5.41) is 26.2. The van der Waals surface area contributed by atoms with E-state index in [0.717, 1.165) is 31.0 Å². The number of morpholine rings is 1. The van der Waals surface area contributed by atoms with Crippen molar-refractivity contribution in [2.45, 2.75) is 31.5 Å². The highest BCUT2D eigenvalue weighted by molar-refractivity contribution is 5.84. The highest BCUT2D eigenvalue weighted by atomic mass is 19.4. The number of alkyl halides is 6. The molecule has 1 fully saturated rings. The molecule has 0 saturated carbocycles. The summed E-state index contributed by atoms with van der Waals surface area (Å²) in [6.45, 7) is 3.76. The number of rotatable bonds is 6. The van der Waals surface area contributed by atoms with Crippen LogP contribution in [-0.4, -0.2) is 95.2 Å². The molecule has 3 aromatic heterocycles. The van der Waals surface area contributed by atoms with E-state index in [1.807, 2.05) is 54.7 Å². The third kappa shape index (κ3) is 10.4. The Bertz CT molecular complexity index is 1480. The van der Waals surface area contributed by atoms with Crippen molar-refractivity contribution in [3.05, 3.63) is 66.7 Å². The summed E-state index contributed by atoms with van der Waals surface area (Å²) in [5.41, 5.74) is 3.33. The number of para-hydroxylation sites is 1. The largest absolute Gasteiger partial charge is 0.490 e. The fourth-order valence-electron chi connectivity index (χ4n) is 3.61. The molecule has 44 heavy (non-hydrogen) atoms. The van der Waals surface area contributed by atoms with Crippen LogP contribution in [-0.2, 0) is 27.4 Å². The molecule has 1 aromatic carbocycles. The number of anilines is 2. The molecule has 4 aromatic rings. The highest BCUT2D eigenvalue weighted by Gasteiger charge is 2.38. The minimum Gasteiger partial charge on any atom is -0.475 e. The average Bonchev–Trinajstić information content (AvgIpc) is 3.37. The van der Waals surface area contributed by atoms with Gasteiger partial charge in [-0.15, -0.1) is 5.10 Å². The number of benzene rings is 1. The molecular formula is C25H24F6N8O5. The number of hydrogen-bond acceptors (Lipinski definition) is 10. The van der Waals surface area contributed by atoms with E-state index < -0.39 is 24.3 Å². The van der Waals surface area contributed by atoms with Gasteiger partial charge in [0.15, 0.2) is 17.0 Å². The van der Waals surface area contributed by atoms with Crippen LogP contribution in [0.4, 0.5) is 37.8 Å². The van der Waals surface area contributed by atoms with Gasteiger partial charge in [0.1, 0.15) is 6.33 Å². The predicted octanol–water partition coefficient (Wildman–Crippen LogP) is 3.53. The van der Waals surface area contributed by atoms with Gasteiger partial charge in [0.25, 0.3) is 0 Å². The molecule has 5 rings (SSSR count). The number of halogens is 6. The Balaban J connectivity index is 0.000000317. The van der Waals surface area contributed by atoms with Crippen molar-refractivity contribution in [1.82, 2.24) is 34.8 Å². The number of aromatic nitrogens is 6. The number of carboxylic acids is 2. The second-order valence-electron chi connectivity index (χ2n) is 8.81. The van der Waals surface area contributed by atoms with Crippen LogP contribution in [0.3, 0.4) is 0 Å². The van der Waals surface area contributed by atoms with E-state index in [2.05, 4.69) is 35.5 Å². The summed E-state index contributed by atoms with van der Waals surface area (Å²) in [7, 11) is 0. The molecule has 1 atom stereocenters. The van der Waals surface area contributed by atoms with Gasteiger partial charge in [-0.2, -0.15) is 26.3 Å². The van der Waals surface area contributed by atoms with Gasteiger partial charge in [0.2, 0.25) is 0 Å². The number of nitrogens with one attached hydrogen (secondary N) is 1. The van der Waals surface area contributed by atoms with Crippen molar-refractivity contribution in [3.63, 3.8) is 0 Å². The van der Waals surface area contributed by atoms with Gasteiger partial charge in [-0.25, -0.2) is 24.2 Å². The normalized spacial score (nSPS) is 15.4. The van der Waals surface area contributed by atoms with Crippen LogP contribution in [0.25, 0.3) is 11.2 Å². The minimum atomic E-state index is -5.08. The van der Waals surface area contributed by atoms with Gasteiger partial charge in [0.05, 0.1) is 24.9 Å². The van der Waals surface area contributed by atoms with Gasteiger partial charge in [-0.1, -0.05) is 29.5 Å². The van der Waals surface area contributed by atoms with Gasteiger partial charge in [-0.3, -0.25) is 9.88 Å². The van der Waals surface area contributed by atoms with Crippen LogP contribution in [0.5, 0.6) is 0 Å². The maximum atomic E-state index is 10.6. The van der Waals surface area contributed by atoms with Gasteiger partial charge in [0, 0.05) is 31.5 Å². The summed E-state index contributed by atoms with van der Waals surface area (Å²) in [4.78, 5) is 33.3. The quantitative estimate of drug-likeness (QED) is 0.266. The molecule has 0 bridgehead atoms. The maximum absolute atomic E-state index is 10.6.